The Kier molecular flexibility index (Phi) is 9.00. The molecule has 0 aliphatic heterocycles. The molecule has 1 atom stereocenters. The molecule has 1 amide bonds. The van der Waals surface area contributed by atoms with Crippen LogP contribution >= 0.6 is 12.4 Å². The molecule has 0 heterocycles. The standard InChI is InChI=1S/C14H22N2O2.ClH/c1-3-13(14(17)16-9-5-8-15)18-12-7-4-6-11(2)10-12;/h4,6-7,10,13H,3,5,8-9,15H2,1-2H3,(H,16,17);1H. The molecule has 108 valence electrons. The first kappa shape index (κ1) is 17.7. The number of carbonyl (C=O) groups is 1. The van der Waals surface area contributed by atoms with Crippen LogP contribution in [0.2, 0.25) is 0 Å². The van der Waals surface area contributed by atoms with Crippen molar-refractivity contribution in [3.63, 3.8) is 0 Å². The van der Waals surface area contributed by atoms with Crippen LogP contribution in [0, 0.1) is 6.92 Å². The number of nitrogens with one attached hydrogen (secondary N) is 1. The number of halogens is 1. The van der Waals surface area contributed by atoms with Gasteiger partial charge in [0.2, 0.25) is 0 Å². The normalized spacial score (nSPS) is 11.3. The second-order valence-electron chi connectivity index (χ2n) is 4.26. The van der Waals surface area contributed by atoms with Crippen LogP contribution in [-0.4, -0.2) is 25.1 Å². The predicted octanol–water partition coefficient (Wildman–Crippen LogP) is 2.04. The molecule has 0 aliphatic rings. The Balaban J connectivity index is 0.00000324. The molecule has 19 heavy (non-hydrogen) atoms. The zero-order valence-corrected chi connectivity index (χ0v) is 12.3. The summed E-state index contributed by atoms with van der Waals surface area (Å²) in [5.74, 6) is 0.656. The number of carbonyl (C=O) groups excluding carboxylic acids is 1. The van der Waals surface area contributed by atoms with Gasteiger partial charge in [-0.25, -0.2) is 0 Å². The fourth-order valence-corrected chi connectivity index (χ4v) is 1.60. The van der Waals surface area contributed by atoms with E-state index in [1.165, 1.54) is 0 Å². The summed E-state index contributed by atoms with van der Waals surface area (Å²) in [7, 11) is 0. The molecule has 0 fully saturated rings. The van der Waals surface area contributed by atoms with Crippen LogP contribution in [0.15, 0.2) is 24.3 Å². The molecule has 0 aliphatic carbocycles. The average molecular weight is 287 g/mol. The first-order valence-electron chi connectivity index (χ1n) is 6.38. The van der Waals surface area contributed by atoms with Gasteiger partial charge < -0.3 is 15.8 Å². The molecule has 1 unspecified atom stereocenters. The highest BCUT2D eigenvalue weighted by Gasteiger charge is 2.17. The monoisotopic (exact) mass is 286 g/mol. The third kappa shape index (κ3) is 6.45. The van der Waals surface area contributed by atoms with Gasteiger partial charge in [-0.3, -0.25) is 4.79 Å². The number of hydrogen-bond acceptors (Lipinski definition) is 3. The van der Waals surface area contributed by atoms with Crippen molar-refractivity contribution < 1.29 is 9.53 Å². The SMILES string of the molecule is CCC(Oc1cccc(C)c1)C(=O)NCCCN.Cl. The topological polar surface area (TPSA) is 64.3 Å². The fraction of sp³-hybridized carbons (Fsp3) is 0.500. The molecule has 1 aromatic carbocycles. The minimum atomic E-state index is -0.440. The summed E-state index contributed by atoms with van der Waals surface area (Å²) in [5.41, 5.74) is 6.50. The molecule has 0 saturated carbocycles. The lowest BCUT2D eigenvalue weighted by Crippen LogP contribution is -2.38. The number of ether oxygens (including phenoxy) is 1. The Labute approximate surface area is 121 Å². The van der Waals surface area contributed by atoms with E-state index < -0.39 is 6.10 Å². The van der Waals surface area contributed by atoms with Crippen molar-refractivity contribution in [2.45, 2.75) is 32.8 Å². The lowest BCUT2D eigenvalue weighted by molar-refractivity contribution is -0.128. The molecule has 0 radical (unpaired) electrons. The molecular formula is C14H23ClN2O2. The maximum atomic E-state index is 11.9. The molecule has 4 nitrogen and oxygen atoms in total. The summed E-state index contributed by atoms with van der Waals surface area (Å²) in [5, 5.41) is 2.83. The number of hydrogen-bond donors (Lipinski definition) is 2. The summed E-state index contributed by atoms with van der Waals surface area (Å²) in [4.78, 5) is 11.9. The second-order valence-corrected chi connectivity index (χ2v) is 4.26. The van der Waals surface area contributed by atoms with Gasteiger partial charge >= 0.3 is 0 Å². The molecule has 3 N–H and O–H groups in total. The minimum absolute atomic E-state index is 0. The largest absolute Gasteiger partial charge is 0.481 e. The van der Waals surface area contributed by atoms with E-state index in [0.29, 0.717) is 19.5 Å². The van der Waals surface area contributed by atoms with Gasteiger partial charge in [-0.2, -0.15) is 0 Å². The van der Waals surface area contributed by atoms with Crippen LogP contribution < -0.4 is 15.8 Å². The molecule has 0 aromatic heterocycles. The lowest BCUT2D eigenvalue weighted by atomic mass is 10.2. The summed E-state index contributed by atoms with van der Waals surface area (Å²) in [6.45, 7) is 5.11. The van der Waals surface area contributed by atoms with E-state index in [9.17, 15) is 4.79 Å². The predicted molar refractivity (Wildman–Crippen MR) is 79.8 cm³/mol. The maximum Gasteiger partial charge on any atom is 0.261 e. The Morgan fingerprint density at radius 3 is 2.79 bits per heavy atom. The van der Waals surface area contributed by atoms with Crippen molar-refractivity contribution in [2.24, 2.45) is 5.73 Å². The van der Waals surface area contributed by atoms with Crippen molar-refractivity contribution in [1.29, 1.82) is 0 Å². The Morgan fingerprint density at radius 1 is 1.47 bits per heavy atom. The Hall–Kier alpha value is -1.26. The third-order valence-corrected chi connectivity index (χ3v) is 2.61. The van der Waals surface area contributed by atoms with Gasteiger partial charge in [0, 0.05) is 6.54 Å². The number of amides is 1. The summed E-state index contributed by atoms with van der Waals surface area (Å²) in [6, 6.07) is 7.71. The number of benzene rings is 1. The molecular weight excluding hydrogens is 264 g/mol. The highest BCUT2D eigenvalue weighted by Crippen LogP contribution is 2.15. The van der Waals surface area contributed by atoms with Crippen LogP contribution in [0.3, 0.4) is 0 Å². The quantitative estimate of drug-likeness (QED) is 0.754. The smallest absolute Gasteiger partial charge is 0.261 e. The highest BCUT2D eigenvalue weighted by molar-refractivity contribution is 5.85. The molecule has 0 spiro atoms. The van der Waals surface area contributed by atoms with Crippen LogP contribution in [0.4, 0.5) is 0 Å². The number of rotatable bonds is 7. The highest BCUT2D eigenvalue weighted by atomic mass is 35.5. The fourth-order valence-electron chi connectivity index (χ4n) is 1.60. The van der Waals surface area contributed by atoms with Crippen LogP contribution in [0.1, 0.15) is 25.3 Å². The van der Waals surface area contributed by atoms with Crippen molar-refractivity contribution in [3.8, 4) is 5.75 Å². The van der Waals surface area contributed by atoms with E-state index in [0.717, 1.165) is 17.7 Å². The first-order chi connectivity index (χ1) is 8.67. The zero-order valence-electron chi connectivity index (χ0n) is 11.5. The van der Waals surface area contributed by atoms with E-state index in [1.54, 1.807) is 0 Å². The lowest BCUT2D eigenvalue weighted by Gasteiger charge is -2.17. The molecule has 1 rings (SSSR count). The van der Waals surface area contributed by atoms with Crippen LogP contribution in [0.5, 0.6) is 5.75 Å². The molecule has 1 aromatic rings. The number of nitrogens with two attached hydrogens (primary N) is 1. The van der Waals surface area contributed by atoms with Crippen molar-refractivity contribution in [1.82, 2.24) is 5.32 Å². The van der Waals surface area contributed by atoms with Gasteiger partial charge in [0.1, 0.15) is 5.75 Å². The van der Waals surface area contributed by atoms with Gasteiger partial charge in [0.15, 0.2) is 6.10 Å². The average Bonchev–Trinajstić information content (AvgIpc) is 2.36. The van der Waals surface area contributed by atoms with E-state index in [2.05, 4.69) is 5.32 Å². The molecule has 5 heteroatoms. The Morgan fingerprint density at radius 2 is 2.21 bits per heavy atom. The van der Waals surface area contributed by atoms with Crippen molar-refractivity contribution >= 4 is 18.3 Å². The summed E-state index contributed by atoms with van der Waals surface area (Å²) >= 11 is 0. The van der Waals surface area contributed by atoms with Gasteiger partial charge in [-0.15, -0.1) is 12.4 Å². The van der Waals surface area contributed by atoms with E-state index in [4.69, 9.17) is 10.5 Å². The van der Waals surface area contributed by atoms with Crippen molar-refractivity contribution in [3.05, 3.63) is 29.8 Å². The molecule has 0 saturated heterocycles. The first-order valence-corrected chi connectivity index (χ1v) is 6.38. The van der Waals surface area contributed by atoms with Gasteiger partial charge in [0.25, 0.3) is 5.91 Å². The number of aryl methyl sites for hydroxylation is 1. The second kappa shape index (κ2) is 9.64. The summed E-state index contributed by atoms with van der Waals surface area (Å²) in [6.07, 6.45) is 0.985. The van der Waals surface area contributed by atoms with E-state index in [-0.39, 0.29) is 18.3 Å². The third-order valence-electron chi connectivity index (χ3n) is 2.61. The molecule has 0 bridgehead atoms. The van der Waals surface area contributed by atoms with Crippen molar-refractivity contribution in [2.75, 3.05) is 13.1 Å². The maximum absolute atomic E-state index is 11.9. The van der Waals surface area contributed by atoms with Gasteiger partial charge in [-0.1, -0.05) is 19.1 Å². The Bertz CT molecular complexity index is 385. The zero-order chi connectivity index (χ0) is 13.4. The van der Waals surface area contributed by atoms with E-state index >= 15 is 0 Å². The van der Waals surface area contributed by atoms with Gasteiger partial charge in [-0.05, 0) is 44.0 Å². The van der Waals surface area contributed by atoms with E-state index in [1.807, 2.05) is 38.1 Å². The van der Waals surface area contributed by atoms with Gasteiger partial charge in [0.05, 0.1) is 0 Å². The minimum Gasteiger partial charge on any atom is -0.481 e. The van der Waals surface area contributed by atoms with Crippen LogP contribution in [-0.2, 0) is 4.79 Å². The van der Waals surface area contributed by atoms with Crippen LogP contribution in [0.25, 0.3) is 0 Å². The summed E-state index contributed by atoms with van der Waals surface area (Å²) < 4.78 is 5.69.